The van der Waals surface area contributed by atoms with Gasteiger partial charge in [-0.1, -0.05) is 32.8 Å². The molecule has 0 atom stereocenters. The molecule has 0 fully saturated rings. The summed E-state index contributed by atoms with van der Waals surface area (Å²) in [5, 5.41) is 8.22. The molecule has 5 heteroatoms. The average Bonchev–Trinajstić information content (AvgIpc) is 2.59. The number of rotatable bonds is 8. The van der Waals surface area contributed by atoms with E-state index in [9.17, 15) is 4.79 Å². The zero-order chi connectivity index (χ0) is 18.4. The van der Waals surface area contributed by atoms with Gasteiger partial charge < -0.3 is 15.1 Å². The summed E-state index contributed by atoms with van der Waals surface area (Å²) in [6, 6.07) is 6.00. The van der Waals surface area contributed by atoms with Crippen LogP contribution in [0.2, 0.25) is 0 Å². The minimum absolute atomic E-state index is 0.204. The van der Waals surface area contributed by atoms with Crippen LogP contribution in [-0.2, 0) is 6.42 Å². The minimum atomic E-state index is -0.204. The molecule has 0 aliphatic rings. The Kier molecular flexibility index (Phi) is 6.51. The molecule has 1 aromatic heterocycles. The van der Waals surface area contributed by atoms with Gasteiger partial charge >= 0.3 is 0 Å². The van der Waals surface area contributed by atoms with Crippen LogP contribution in [0, 0.1) is 12.3 Å². The van der Waals surface area contributed by atoms with Gasteiger partial charge in [0.2, 0.25) is 0 Å². The zero-order valence-electron chi connectivity index (χ0n) is 15.5. The van der Waals surface area contributed by atoms with E-state index in [0.717, 1.165) is 24.8 Å². The topological polar surface area (TPSA) is 78.8 Å². The summed E-state index contributed by atoms with van der Waals surface area (Å²) in [4.78, 5) is 19.8. The second-order valence-corrected chi connectivity index (χ2v) is 6.13. The standard InChI is InChI=1S/C20H27N3O2/c1-5-8-14-10-11-17(25-7-3)15(12-14)19-22-18(16(21)9-6-2)13(4)20(24)23-19/h10-12,21H,5-9H2,1-4H3,(H,22,23,24). The van der Waals surface area contributed by atoms with Crippen LogP contribution in [0.1, 0.15) is 56.9 Å². The molecule has 0 radical (unpaired) electrons. The van der Waals surface area contributed by atoms with Crippen molar-refractivity contribution in [2.45, 2.75) is 53.4 Å². The van der Waals surface area contributed by atoms with E-state index in [2.05, 4.69) is 16.9 Å². The lowest BCUT2D eigenvalue weighted by Gasteiger charge is -2.13. The number of aromatic amines is 1. The molecule has 0 amide bonds. The number of hydrogen-bond donors (Lipinski definition) is 2. The predicted molar refractivity (Wildman–Crippen MR) is 102 cm³/mol. The minimum Gasteiger partial charge on any atom is -0.493 e. The van der Waals surface area contributed by atoms with Crippen molar-refractivity contribution < 1.29 is 4.74 Å². The Labute approximate surface area is 149 Å². The molecule has 1 heterocycles. The third-order valence-electron chi connectivity index (χ3n) is 4.07. The largest absolute Gasteiger partial charge is 0.493 e. The highest BCUT2D eigenvalue weighted by Crippen LogP contribution is 2.29. The third-order valence-corrected chi connectivity index (χ3v) is 4.07. The molecular formula is C20H27N3O2. The maximum Gasteiger partial charge on any atom is 0.254 e. The van der Waals surface area contributed by atoms with Crippen LogP contribution in [0.25, 0.3) is 11.4 Å². The molecule has 134 valence electrons. The van der Waals surface area contributed by atoms with Gasteiger partial charge in [-0.3, -0.25) is 4.79 Å². The van der Waals surface area contributed by atoms with Crippen LogP contribution in [0.5, 0.6) is 5.75 Å². The highest BCUT2D eigenvalue weighted by atomic mass is 16.5. The highest BCUT2D eigenvalue weighted by molar-refractivity contribution is 5.97. The number of benzene rings is 1. The first-order valence-electron chi connectivity index (χ1n) is 8.96. The molecule has 5 nitrogen and oxygen atoms in total. The lowest BCUT2D eigenvalue weighted by molar-refractivity contribution is 0.341. The van der Waals surface area contributed by atoms with Gasteiger partial charge in [0.25, 0.3) is 5.56 Å². The van der Waals surface area contributed by atoms with Gasteiger partial charge in [0.1, 0.15) is 11.6 Å². The number of nitrogens with one attached hydrogen (secondary N) is 2. The van der Waals surface area contributed by atoms with Crippen molar-refractivity contribution in [1.29, 1.82) is 5.41 Å². The van der Waals surface area contributed by atoms with Gasteiger partial charge in [0.15, 0.2) is 0 Å². The molecule has 25 heavy (non-hydrogen) atoms. The van der Waals surface area contributed by atoms with Gasteiger partial charge in [-0.2, -0.15) is 0 Å². The molecule has 0 saturated heterocycles. The van der Waals surface area contributed by atoms with Crippen molar-refractivity contribution in [3.8, 4) is 17.1 Å². The van der Waals surface area contributed by atoms with Crippen LogP contribution in [0.4, 0.5) is 0 Å². The van der Waals surface area contributed by atoms with E-state index in [4.69, 9.17) is 10.1 Å². The van der Waals surface area contributed by atoms with Crippen LogP contribution < -0.4 is 10.3 Å². The first-order chi connectivity index (χ1) is 12.0. The van der Waals surface area contributed by atoms with Crippen LogP contribution in [0.3, 0.4) is 0 Å². The first kappa shape index (κ1) is 18.9. The quantitative estimate of drug-likeness (QED) is 0.704. The summed E-state index contributed by atoms with van der Waals surface area (Å²) >= 11 is 0. The van der Waals surface area contributed by atoms with E-state index in [-0.39, 0.29) is 5.56 Å². The van der Waals surface area contributed by atoms with E-state index < -0.39 is 0 Å². The van der Waals surface area contributed by atoms with Crippen molar-refractivity contribution >= 4 is 5.71 Å². The Morgan fingerprint density at radius 1 is 1.24 bits per heavy atom. The number of aromatic nitrogens is 2. The fourth-order valence-corrected chi connectivity index (χ4v) is 2.81. The van der Waals surface area contributed by atoms with E-state index >= 15 is 0 Å². The van der Waals surface area contributed by atoms with E-state index in [1.165, 1.54) is 5.56 Å². The van der Waals surface area contributed by atoms with Crippen molar-refractivity contribution in [3.63, 3.8) is 0 Å². The maximum absolute atomic E-state index is 12.4. The summed E-state index contributed by atoms with van der Waals surface area (Å²) in [5.41, 5.74) is 3.11. The molecule has 0 bridgehead atoms. The van der Waals surface area contributed by atoms with Crippen LogP contribution >= 0.6 is 0 Å². The second-order valence-electron chi connectivity index (χ2n) is 6.13. The normalized spacial score (nSPS) is 10.7. The molecule has 0 spiro atoms. The fourth-order valence-electron chi connectivity index (χ4n) is 2.81. The molecule has 0 unspecified atom stereocenters. The van der Waals surface area contributed by atoms with Crippen molar-refractivity contribution in [2.24, 2.45) is 0 Å². The lowest BCUT2D eigenvalue weighted by Crippen LogP contribution is -2.19. The van der Waals surface area contributed by atoms with Gasteiger partial charge in [0.05, 0.1) is 23.6 Å². The van der Waals surface area contributed by atoms with Crippen LogP contribution in [-0.4, -0.2) is 22.3 Å². The molecule has 2 aromatic rings. The first-order valence-corrected chi connectivity index (χ1v) is 8.96. The highest BCUT2D eigenvalue weighted by Gasteiger charge is 2.16. The monoisotopic (exact) mass is 341 g/mol. The van der Waals surface area contributed by atoms with Crippen molar-refractivity contribution in [3.05, 3.63) is 45.4 Å². The number of nitrogens with zero attached hydrogens (tertiary/aromatic N) is 1. The van der Waals surface area contributed by atoms with E-state index in [1.807, 2.05) is 32.0 Å². The number of hydrogen-bond acceptors (Lipinski definition) is 4. The molecule has 0 aliphatic heterocycles. The smallest absolute Gasteiger partial charge is 0.254 e. The predicted octanol–water partition coefficient (Wildman–Crippen LogP) is 4.26. The summed E-state index contributed by atoms with van der Waals surface area (Å²) in [6.07, 6.45) is 3.44. The third kappa shape index (κ3) is 4.35. The Balaban J connectivity index is 2.62. The van der Waals surface area contributed by atoms with Gasteiger partial charge in [-0.25, -0.2) is 4.98 Å². The number of H-pyrrole nitrogens is 1. The van der Waals surface area contributed by atoms with Gasteiger partial charge in [-0.15, -0.1) is 0 Å². The van der Waals surface area contributed by atoms with E-state index in [1.54, 1.807) is 6.92 Å². The van der Waals surface area contributed by atoms with E-state index in [0.29, 0.717) is 41.6 Å². The molecule has 2 rings (SSSR count). The lowest BCUT2D eigenvalue weighted by atomic mass is 10.0. The van der Waals surface area contributed by atoms with Gasteiger partial charge in [0, 0.05) is 5.56 Å². The fraction of sp³-hybridized carbons (Fsp3) is 0.450. The Morgan fingerprint density at radius 2 is 2.00 bits per heavy atom. The molecule has 1 aromatic carbocycles. The summed E-state index contributed by atoms with van der Waals surface area (Å²) in [7, 11) is 0. The number of aryl methyl sites for hydroxylation is 1. The summed E-state index contributed by atoms with van der Waals surface area (Å²) < 4.78 is 5.73. The zero-order valence-corrected chi connectivity index (χ0v) is 15.5. The molecule has 0 saturated carbocycles. The average molecular weight is 341 g/mol. The maximum atomic E-state index is 12.4. The summed E-state index contributed by atoms with van der Waals surface area (Å²) in [6.45, 7) is 8.32. The number of ether oxygens (including phenoxy) is 1. The molecule has 2 N–H and O–H groups in total. The molecule has 0 aliphatic carbocycles. The Morgan fingerprint density at radius 3 is 2.64 bits per heavy atom. The van der Waals surface area contributed by atoms with Crippen molar-refractivity contribution in [2.75, 3.05) is 6.61 Å². The second kappa shape index (κ2) is 8.60. The SMILES string of the molecule is CCCC(=N)c1nc(-c2cc(CCC)ccc2OCC)[nH]c(=O)c1C. The Bertz CT molecular complexity index is 809. The molecular weight excluding hydrogens is 314 g/mol. The van der Waals surface area contributed by atoms with Crippen LogP contribution in [0.15, 0.2) is 23.0 Å². The van der Waals surface area contributed by atoms with Crippen molar-refractivity contribution in [1.82, 2.24) is 9.97 Å². The van der Waals surface area contributed by atoms with Gasteiger partial charge in [-0.05, 0) is 44.4 Å². The Hall–Kier alpha value is -2.43. The summed E-state index contributed by atoms with van der Waals surface area (Å²) in [5.74, 6) is 1.16.